The molecule has 98 valence electrons. The molecule has 1 aliphatic rings. The zero-order chi connectivity index (χ0) is 13.3. The molecule has 18 heavy (non-hydrogen) atoms. The summed E-state index contributed by atoms with van der Waals surface area (Å²) in [5.74, 6) is 0.00199. The zero-order valence-corrected chi connectivity index (χ0v) is 12.8. The van der Waals surface area contributed by atoms with Crippen LogP contribution in [0, 0.1) is 0 Å². The Labute approximate surface area is 121 Å². The van der Waals surface area contributed by atoms with Gasteiger partial charge in [-0.15, -0.1) is 0 Å². The second kappa shape index (κ2) is 5.59. The predicted octanol–water partition coefficient (Wildman–Crippen LogP) is 2.92. The van der Waals surface area contributed by atoms with Gasteiger partial charge in [0.15, 0.2) is 0 Å². The third-order valence-electron chi connectivity index (χ3n) is 3.45. The summed E-state index contributed by atoms with van der Waals surface area (Å²) < 4.78 is 0.867. The number of benzene rings is 1. The van der Waals surface area contributed by atoms with E-state index in [0.717, 1.165) is 11.0 Å². The number of carbonyl (C=O) groups excluding carboxylic acids is 1. The maximum atomic E-state index is 12.5. The topological polar surface area (TPSA) is 32.3 Å². The molecule has 1 aromatic carbocycles. The fraction of sp³-hybridized carbons (Fsp3) is 0.462. The quantitative estimate of drug-likeness (QED) is 0.858. The average molecular weight is 332 g/mol. The summed E-state index contributed by atoms with van der Waals surface area (Å²) >= 11 is 9.48. The Kier molecular flexibility index (Phi) is 4.30. The van der Waals surface area contributed by atoms with Crippen LogP contribution in [-0.4, -0.2) is 36.0 Å². The number of nitrogens with zero attached hydrogens (tertiary/aromatic N) is 1. The highest BCUT2D eigenvalue weighted by molar-refractivity contribution is 9.10. The van der Waals surface area contributed by atoms with E-state index in [1.54, 1.807) is 12.1 Å². The minimum Gasteiger partial charge on any atom is -0.333 e. The monoisotopic (exact) mass is 330 g/mol. The molecule has 1 aromatic rings. The van der Waals surface area contributed by atoms with E-state index >= 15 is 0 Å². The largest absolute Gasteiger partial charge is 0.333 e. The molecular formula is C13H16BrClN2O. The van der Waals surface area contributed by atoms with E-state index in [1.807, 2.05) is 11.0 Å². The molecular weight excluding hydrogens is 316 g/mol. The van der Waals surface area contributed by atoms with Crippen molar-refractivity contribution in [2.24, 2.45) is 0 Å². The van der Waals surface area contributed by atoms with Gasteiger partial charge in [0, 0.05) is 29.6 Å². The van der Waals surface area contributed by atoms with Gasteiger partial charge in [-0.3, -0.25) is 4.79 Å². The van der Waals surface area contributed by atoms with Gasteiger partial charge in [-0.25, -0.2) is 0 Å². The van der Waals surface area contributed by atoms with Crippen molar-refractivity contribution < 1.29 is 4.79 Å². The predicted molar refractivity (Wildman–Crippen MR) is 77.1 cm³/mol. The normalized spacial score (nSPS) is 24.1. The lowest BCUT2D eigenvalue weighted by atomic mass is 10.1. The van der Waals surface area contributed by atoms with Crippen LogP contribution >= 0.6 is 27.5 Å². The fourth-order valence-corrected chi connectivity index (χ4v) is 2.72. The number of hydrogen-bond donors (Lipinski definition) is 1. The molecule has 2 unspecified atom stereocenters. The molecule has 0 spiro atoms. The first-order valence-electron chi connectivity index (χ1n) is 6.00. The van der Waals surface area contributed by atoms with Gasteiger partial charge in [0.1, 0.15) is 0 Å². The Hall–Kier alpha value is -0.580. The van der Waals surface area contributed by atoms with Gasteiger partial charge in [-0.05, 0) is 32.0 Å². The first kappa shape index (κ1) is 13.8. The van der Waals surface area contributed by atoms with Crippen molar-refractivity contribution in [2.75, 3.05) is 13.1 Å². The van der Waals surface area contributed by atoms with Gasteiger partial charge in [0.25, 0.3) is 5.91 Å². The molecule has 1 N–H and O–H groups in total. The molecule has 1 heterocycles. The Balaban J connectivity index is 2.27. The number of halogens is 2. The van der Waals surface area contributed by atoms with Crippen molar-refractivity contribution >= 4 is 33.4 Å². The van der Waals surface area contributed by atoms with E-state index in [9.17, 15) is 4.79 Å². The van der Waals surface area contributed by atoms with E-state index in [2.05, 4.69) is 35.1 Å². The second-order valence-electron chi connectivity index (χ2n) is 4.61. The van der Waals surface area contributed by atoms with Crippen LogP contribution in [0.1, 0.15) is 24.2 Å². The van der Waals surface area contributed by atoms with Crippen molar-refractivity contribution in [2.45, 2.75) is 25.9 Å². The average Bonchev–Trinajstić information content (AvgIpc) is 2.35. The Bertz CT molecular complexity index is 466. The molecule has 5 heteroatoms. The summed E-state index contributed by atoms with van der Waals surface area (Å²) in [6, 6.07) is 5.83. The Morgan fingerprint density at radius 2 is 2.22 bits per heavy atom. The van der Waals surface area contributed by atoms with Gasteiger partial charge in [-0.1, -0.05) is 27.5 Å². The lowest BCUT2D eigenvalue weighted by molar-refractivity contribution is 0.0603. The van der Waals surface area contributed by atoms with Crippen LogP contribution in [0.2, 0.25) is 5.02 Å². The summed E-state index contributed by atoms with van der Waals surface area (Å²) in [4.78, 5) is 14.4. The van der Waals surface area contributed by atoms with Crippen LogP contribution in [0.5, 0.6) is 0 Å². The molecule has 0 radical (unpaired) electrons. The van der Waals surface area contributed by atoms with E-state index in [4.69, 9.17) is 11.6 Å². The highest BCUT2D eigenvalue weighted by Gasteiger charge is 2.29. The van der Waals surface area contributed by atoms with E-state index in [-0.39, 0.29) is 11.9 Å². The van der Waals surface area contributed by atoms with E-state index < -0.39 is 0 Å². The molecule has 2 rings (SSSR count). The molecule has 0 aromatic heterocycles. The highest BCUT2D eigenvalue weighted by Crippen LogP contribution is 2.24. The van der Waals surface area contributed by atoms with Crippen LogP contribution in [0.25, 0.3) is 0 Å². The fourth-order valence-electron chi connectivity index (χ4n) is 2.16. The Morgan fingerprint density at radius 1 is 1.50 bits per heavy atom. The minimum atomic E-state index is 0.00199. The summed E-state index contributed by atoms with van der Waals surface area (Å²) in [6.07, 6.45) is 0. The summed E-state index contributed by atoms with van der Waals surface area (Å²) in [5.41, 5.74) is 0.562. The molecule has 1 saturated heterocycles. The summed E-state index contributed by atoms with van der Waals surface area (Å²) in [6.45, 7) is 5.68. The molecule has 0 aliphatic carbocycles. The molecule has 0 bridgehead atoms. The van der Waals surface area contributed by atoms with Crippen molar-refractivity contribution in [3.05, 3.63) is 33.3 Å². The van der Waals surface area contributed by atoms with E-state index in [1.165, 1.54) is 0 Å². The van der Waals surface area contributed by atoms with Crippen LogP contribution in [0.3, 0.4) is 0 Å². The number of rotatable bonds is 1. The maximum absolute atomic E-state index is 12.5. The third-order valence-corrected chi connectivity index (χ3v) is 4.28. The number of hydrogen-bond acceptors (Lipinski definition) is 2. The molecule has 1 fully saturated rings. The number of amides is 1. The van der Waals surface area contributed by atoms with Crippen molar-refractivity contribution in [1.82, 2.24) is 10.2 Å². The van der Waals surface area contributed by atoms with Gasteiger partial charge >= 0.3 is 0 Å². The molecule has 2 atom stereocenters. The van der Waals surface area contributed by atoms with Crippen LogP contribution in [-0.2, 0) is 0 Å². The molecule has 3 nitrogen and oxygen atoms in total. The van der Waals surface area contributed by atoms with Crippen LogP contribution in [0.15, 0.2) is 22.7 Å². The molecule has 0 saturated carbocycles. The standard InChI is InChI=1S/C13H16BrClN2O/c1-8-9(2)17(6-5-16-8)13(18)11-7-10(14)3-4-12(11)15/h3-4,7-9,16H,5-6H2,1-2H3. The number of carbonyl (C=O) groups is 1. The van der Waals surface area contributed by atoms with Crippen molar-refractivity contribution in [1.29, 1.82) is 0 Å². The van der Waals surface area contributed by atoms with Crippen LogP contribution in [0.4, 0.5) is 0 Å². The SMILES string of the molecule is CC1NCCN(C(=O)c2cc(Br)ccc2Cl)C1C. The molecule has 1 aliphatic heterocycles. The lowest BCUT2D eigenvalue weighted by Crippen LogP contribution is -2.57. The zero-order valence-electron chi connectivity index (χ0n) is 10.4. The van der Waals surface area contributed by atoms with Crippen molar-refractivity contribution in [3.63, 3.8) is 0 Å². The number of piperazine rings is 1. The summed E-state index contributed by atoms with van der Waals surface area (Å²) in [7, 11) is 0. The second-order valence-corrected chi connectivity index (χ2v) is 5.93. The third kappa shape index (κ3) is 2.71. The minimum absolute atomic E-state index is 0.00199. The van der Waals surface area contributed by atoms with Gasteiger partial charge in [-0.2, -0.15) is 0 Å². The van der Waals surface area contributed by atoms with Crippen LogP contribution < -0.4 is 5.32 Å². The first-order valence-corrected chi connectivity index (χ1v) is 7.17. The highest BCUT2D eigenvalue weighted by atomic mass is 79.9. The van der Waals surface area contributed by atoms with Gasteiger partial charge in [0.2, 0.25) is 0 Å². The van der Waals surface area contributed by atoms with Gasteiger partial charge < -0.3 is 10.2 Å². The lowest BCUT2D eigenvalue weighted by Gasteiger charge is -2.38. The summed E-state index contributed by atoms with van der Waals surface area (Å²) in [5, 5.41) is 3.86. The first-order chi connectivity index (χ1) is 8.50. The number of nitrogens with one attached hydrogen (secondary N) is 1. The van der Waals surface area contributed by atoms with Crippen molar-refractivity contribution in [3.8, 4) is 0 Å². The van der Waals surface area contributed by atoms with Gasteiger partial charge in [0.05, 0.1) is 10.6 Å². The van der Waals surface area contributed by atoms with E-state index in [0.29, 0.717) is 23.2 Å². The molecule has 1 amide bonds. The maximum Gasteiger partial charge on any atom is 0.255 e. The smallest absolute Gasteiger partial charge is 0.255 e. The Morgan fingerprint density at radius 3 is 2.94 bits per heavy atom.